The summed E-state index contributed by atoms with van der Waals surface area (Å²) < 4.78 is 20.3. The monoisotopic (exact) mass is 333 g/mol. The first-order chi connectivity index (χ1) is 9.14. The van der Waals surface area contributed by atoms with Crippen molar-refractivity contribution in [3.63, 3.8) is 0 Å². The van der Waals surface area contributed by atoms with Gasteiger partial charge in [-0.05, 0) is 6.42 Å². The molecule has 0 unspecified atom stereocenters. The molecule has 0 spiro atoms. The first-order valence-electron chi connectivity index (χ1n) is 6.36. The van der Waals surface area contributed by atoms with Crippen LogP contribution in [0.3, 0.4) is 0 Å². The molecule has 0 aromatic rings. The highest BCUT2D eigenvalue weighted by atomic mass is 31.2. The highest BCUT2D eigenvalue weighted by Crippen LogP contribution is 2.40. The van der Waals surface area contributed by atoms with Crippen LogP contribution >= 0.6 is 15.2 Å². The van der Waals surface area contributed by atoms with Crippen molar-refractivity contribution in [2.75, 3.05) is 51.6 Å². The van der Waals surface area contributed by atoms with Crippen molar-refractivity contribution >= 4 is 15.2 Å². The highest BCUT2D eigenvalue weighted by molar-refractivity contribution is 7.52. The second kappa shape index (κ2) is 10.00. The Kier molecular flexibility index (Phi) is 10.1. The Morgan fingerprint density at radius 1 is 1.00 bits per heavy atom. The molecule has 1 saturated heterocycles. The van der Waals surface area contributed by atoms with E-state index in [2.05, 4.69) is 10.2 Å². The molecule has 0 amide bonds. The summed E-state index contributed by atoms with van der Waals surface area (Å²) in [6.07, 6.45) is -1.11. The van der Waals surface area contributed by atoms with E-state index >= 15 is 0 Å². The maximum atomic E-state index is 10.2. The molecule has 0 bridgehead atoms. The molecule has 1 rings (SSSR count). The normalized spacial score (nSPS) is 17.4. The van der Waals surface area contributed by atoms with Crippen molar-refractivity contribution in [1.82, 2.24) is 10.2 Å². The fourth-order valence-electron chi connectivity index (χ4n) is 1.60. The number of rotatable bonds is 6. The van der Waals surface area contributed by atoms with Gasteiger partial charge < -0.3 is 30.6 Å². The third kappa shape index (κ3) is 14.6. The first-order valence-corrected chi connectivity index (χ1v) is 9.96. The van der Waals surface area contributed by atoms with Gasteiger partial charge in [-0.3, -0.25) is 14.0 Å². The number of nitrogens with one attached hydrogen (secondary N) is 1. The molecule has 0 saturated carbocycles. The van der Waals surface area contributed by atoms with Crippen LogP contribution in [0.2, 0.25) is 0 Å². The number of piperazine rings is 1. The molecular formula is C9H25N3O6P2. The maximum absolute atomic E-state index is 10.2. The fraction of sp³-hybridized carbons (Fsp3) is 1.00. The minimum absolute atomic E-state index is 0.158. The predicted molar refractivity (Wildman–Crippen MR) is 76.8 cm³/mol. The van der Waals surface area contributed by atoms with E-state index in [1.807, 2.05) is 0 Å². The Labute approximate surface area is 118 Å². The Hall–Kier alpha value is 0.180. The molecule has 9 nitrogen and oxygen atoms in total. The van der Waals surface area contributed by atoms with Crippen LogP contribution in [0.4, 0.5) is 0 Å². The van der Waals surface area contributed by atoms with Crippen LogP contribution in [0.25, 0.3) is 0 Å². The zero-order valence-electron chi connectivity index (χ0n) is 11.4. The van der Waals surface area contributed by atoms with E-state index in [-0.39, 0.29) is 6.42 Å². The average Bonchev–Trinajstić information content (AvgIpc) is 2.28. The third-order valence-electron chi connectivity index (χ3n) is 2.55. The lowest BCUT2D eigenvalue weighted by atomic mass is 10.3. The quantitative estimate of drug-likeness (QED) is 0.321. The molecule has 0 atom stereocenters. The van der Waals surface area contributed by atoms with Gasteiger partial charge in [0, 0.05) is 39.3 Å². The molecule has 0 aliphatic carbocycles. The summed E-state index contributed by atoms with van der Waals surface area (Å²) in [5.74, 6) is 0. The lowest BCUT2D eigenvalue weighted by Gasteiger charge is -2.26. The zero-order valence-corrected chi connectivity index (χ0v) is 13.2. The Bertz CT molecular complexity index is 314. The van der Waals surface area contributed by atoms with Crippen molar-refractivity contribution in [2.45, 2.75) is 6.42 Å². The van der Waals surface area contributed by atoms with E-state index in [0.29, 0.717) is 0 Å². The van der Waals surface area contributed by atoms with Crippen LogP contribution in [0.5, 0.6) is 0 Å². The molecule has 1 aliphatic rings. The van der Waals surface area contributed by atoms with Crippen molar-refractivity contribution in [1.29, 1.82) is 0 Å². The average molecular weight is 333 g/mol. The van der Waals surface area contributed by atoms with Crippen LogP contribution in [0.15, 0.2) is 0 Å². The van der Waals surface area contributed by atoms with Gasteiger partial charge in [0.05, 0.1) is 12.3 Å². The van der Waals surface area contributed by atoms with Crippen LogP contribution in [-0.4, -0.2) is 76.1 Å². The molecule has 0 aromatic heterocycles. The summed E-state index contributed by atoms with van der Waals surface area (Å²) in [6.45, 7) is 6.43. The Morgan fingerprint density at radius 3 is 1.80 bits per heavy atom. The molecule has 11 heteroatoms. The van der Waals surface area contributed by atoms with E-state index in [4.69, 9.17) is 25.3 Å². The summed E-state index contributed by atoms with van der Waals surface area (Å²) in [4.78, 5) is 35.5. The number of hydrogen-bond donors (Lipinski definition) is 6. The topological polar surface area (TPSA) is 156 Å². The Morgan fingerprint density at radius 2 is 1.45 bits per heavy atom. The third-order valence-corrected chi connectivity index (χ3v) is 4.35. The smallest absolute Gasteiger partial charge is 0.325 e. The van der Waals surface area contributed by atoms with Gasteiger partial charge in [0.25, 0.3) is 0 Å². The van der Waals surface area contributed by atoms with Crippen LogP contribution < -0.4 is 11.1 Å². The number of hydrogen-bond acceptors (Lipinski definition) is 5. The lowest BCUT2D eigenvalue weighted by Crippen LogP contribution is -2.45. The van der Waals surface area contributed by atoms with Gasteiger partial charge in [0.15, 0.2) is 0 Å². The van der Waals surface area contributed by atoms with Gasteiger partial charge in [0.1, 0.15) is 0 Å². The zero-order chi connectivity index (χ0) is 15.6. The molecule has 1 heterocycles. The van der Waals surface area contributed by atoms with Gasteiger partial charge in [-0.15, -0.1) is 0 Å². The fourth-order valence-corrected chi connectivity index (χ4v) is 2.99. The molecule has 122 valence electrons. The minimum Gasteiger partial charge on any atom is -0.329 e. The Balaban J connectivity index is 0.000000367. The first kappa shape index (κ1) is 20.2. The van der Waals surface area contributed by atoms with Gasteiger partial charge in [-0.2, -0.15) is 0 Å². The lowest BCUT2D eigenvalue weighted by molar-refractivity contribution is 0.247. The van der Waals surface area contributed by atoms with Gasteiger partial charge in [-0.25, -0.2) is 0 Å². The molecule has 0 aromatic carbocycles. The second-order valence-electron chi connectivity index (χ2n) is 4.51. The largest absolute Gasteiger partial charge is 0.329 e. The molecular weight excluding hydrogens is 308 g/mol. The van der Waals surface area contributed by atoms with E-state index in [1.54, 1.807) is 0 Å². The van der Waals surface area contributed by atoms with E-state index in [0.717, 1.165) is 39.3 Å². The van der Waals surface area contributed by atoms with Crippen molar-refractivity contribution in [3.05, 3.63) is 0 Å². The van der Waals surface area contributed by atoms with E-state index in [9.17, 15) is 9.13 Å². The predicted octanol–water partition coefficient (Wildman–Crippen LogP) is -1.42. The van der Waals surface area contributed by atoms with Crippen LogP contribution in [0, 0.1) is 0 Å². The van der Waals surface area contributed by atoms with Gasteiger partial charge in [0.2, 0.25) is 0 Å². The van der Waals surface area contributed by atoms with Crippen molar-refractivity contribution in [3.8, 4) is 0 Å². The number of nitrogens with two attached hydrogens (primary N) is 1. The molecule has 1 aliphatic heterocycles. The number of nitrogens with zero attached hydrogens (tertiary/aromatic N) is 1. The summed E-state index contributed by atoms with van der Waals surface area (Å²) in [6, 6.07) is 0. The molecule has 0 radical (unpaired) electrons. The standard InChI is InChI=1S/C6H15N3.C3H10O6P2/c7-1-4-9-5-2-8-3-6-9;4-10(5,6)2-1-3-11(7,8)9/h8H,1-7H2;1-3H2,(H2,4,5,6)(H2,7,8,9). The summed E-state index contributed by atoms with van der Waals surface area (Å²) in [5.41, 5.74) is 5.40. The molecule has 1 fully saturated rings. The van der Waals surface area contributed by atoms with Crippen molar-refractivity contribution < 1.29 is 28.7 Å². The maximum Gasteiger partial charge on any atom is 0.325 e. The summed E-state index contributed by atoms with van der Waals surface area (Å²) in [5, 5.41) is 3.29. The second-order valence-corrected chi connectivity index (χ2v) is 8.06. The minimum atomic E-state index is -4.10. The molecule has 20 heavy (non-hydrogen) atoms. The van der Waals surface area contributed by atoms with Gasteiger partial charge >= 0.3 is 15.2 Å². The van der Waals surface area contributed by atoms with E-state index in [1.165, 1.54) is 0 Å². The van der Waals surface area contributed by atoms with Gasteiger partial charge in [-0.1, -0.05) is 0 Å². The summed E-state index contributed by atoms with van der Waals surface area (Å²) >= 11 is 0. The van der Waals surface area contributed by atoms with Crippen LogP contribution in [-0.2, 0) is 9.13 Å². The summed E-state index contributed by atoms with van der Waals surface area (Å²) in [7, 11) is -8.19. The van der Waals surface area contributed by atoms with E-state index < -0.39 is 27.5 Å². The highest BCUT2D eigenvalue weighted by Gasteiger charge is 2.17. The van der Waals surface area contributed by atoms with Crippen molar-refractivity contribution in [2.24, 2.45) is 5.73 Å². The van der Waals surface area contributed by atoms with Crippen LogP contribution in [0.1, 0.15) is 6.42 Å². The molecule has 7 N–H and O–H groups in total. The SMILES string of the molecule is NCCN1CCNCC1.O=P(O)(O)CCCP(=O)(O)O.